The second-order valence-corrected chi connectivity index (χ2v) is 4.26. The molecule has 6 heteroatoms. The van der Waals surface area contributed by atoms with Crippen molar-refractivity contribution in [3.63, 3.8) is 0 Å². The zero-order valence-corrected chi connectivity index (χ0v) is 10.5. The van der Waals surface area contributed by atoms with Gasteiger partial charge in [0.25, 0.3) is 0 Å². The first-order valence-corrected chi connectivity index (χ1v) is 5.84. The molecule has 1 aromatic rings. The number of carboxylic acids is 1. The average Bonchev–Trinajstić information content (AvgIpc) is 2.37. The SMILES string of the molecule is CC(CNC(=O)CCc1cccc(F)c1F)C(=O)O. The van der Waals surface area contributed by atoms with E-state index in [0.29, 0.717) is 0 Å². The smallest absolute Gasteiger partial charge is 0.308 e. The number of rotatable bonds is 6. The van der Waals surface area contributed by atoms with E-state index in [4.69, 9.17) is 5.11 Å². The van der Waals surface area contributed by atoms with Crippen molar-refractivity contribution >= 4 is 11.9 Å². The third kappa shape index (κ3) is 4.65. The molecule has 1 atom stereocenters. The number of nitrogens with one attached hydrogen (secondary N) is 1. The standard InChI is InChI=1S/C13H15F2NO3/c1-8(13(18)19)7-16-11(17)6-5-9-3-2-4-10(14)12(9)15/h2-4,8H,5-7H2,1H3,(H,16,17)(H,18,19). The molecular weight excluding hydrogens is 256 g/mol. The fourth-order valence-corrected chi connectivity index (χ4v) is 1.43. The molecule has 19 heavy (non-hydrogen) atoms. The van der Waals surface area contributed by atoms with Crippen molar-refractivity contribution in [3.05, 3.63) is 35.4 Å². The molecule has 1 aromatic carbocycles. The van der Waals surface area contributed by atoms with Crippen molar-refractivity contribution in [1.82, 2.24) is 5.32 Å². The molecule has 0 aliphatic carbocycles. The average molecular weight is 271 g/mol. The normalized spacial score (nSPS) is 11.9. The highest BCUT2D eigenvalue weighted by Crippen LogP contribution is 2.13. The fourth-order valence-electron chi connectivity index (χ4n) is 1.43. The van der Waals surface area contributed by atoms with Crippen LogP contribution in [0.1, 0.15) is 18.9 Å². The Morgan fingerprint density at radius 1 is 1.37 bits per heavy atom. The molecule has 0 saturated carbocycles. The van der Waals surface area contributed by atoms with Gasteiger partial charge in [-0.05, 0) is 18.1 Å². The van der Waals surface area contributed by atoms with Gasteiger partial charge in [0, 0.05) is 13.0 Å². The first-order valence-electron chi connectivity index (χ1n) is 5.84. The Balaban J connectivity index is 2.42. The van der Waals surface area contributed by atoms with Gasteiger partial charge in [0.15, 0.2) is 11.6 Å². The summed E-state index contributed by atoms with van der Waals surface area (Å²) in [5.74, 6) is -3.98. The summed E-state index contributed by atoms with van der Waals surface area (Å²) >= 11 is 0. The van der Waals surface area contributed by atoms with Gasteiger partial charge in [-0.25, -0.2) is 8.78 Å². The molecule has 0 saturated heterocycles. The van der Waals surface area contributed by atoms with Gasteiger partial charge in [-0.1, -0.05) is 19.1 Å². The predicted molar refractivity (Wildman–Crippen MR) is 64.5 cm³/mol. The second-order valence-electron chi connectivity index (χ2n) is 4.26. The van der Waals surface area contributed by atoms with Crippen molar-refractivity contribution in [2.45, 2.75) is 19.8 Å². The molecular formula is C13H15F2NO3. The van der Waals surface area contributed by atoms with Crippen molar-refractivity contribution in [2.24, 2.45) is 5.92 Å². The minimum atomic E-state index is -1.00. The number of amides is 1. The van der Waals surface area contributed by atoms with E-state index in [1.807, 2.05) is 0 Å². The summed E-state index contributed by atoms with van der Waals surface area (Å²) in [6.07, 6.45) is 0.0452. The number of benzene rings is 1. The van der Waals surface area contributed by atoms with Gasteiger partial charge in [0.05, 0.1) is 5.92 Å². The number of carboxylic acid groups (broad SMARTS) is 1. The molecule has 0 heterocycles. The van der Waals surface area contributed by atoms with Gasteiger partial charge in [-0.3, -0.25) is 9.59 Å². The first kappa shape index (κ1) is 15.1. The Labute approximate surface area is 109 Å². The number of halogens is 2. The summed E-state index contributed by atoms with van der Waals surface area (Å²) in [6.45, 7) is 1.48. The van der Waals surface area contributed by atoms with Crippen LogP contribution in [0.2, 0.25) is 0 Å². The van der Waals surface area contributed by atoms with Crippen LogP contribution in [0.4, 0.5) is 8.78 Å². The lowest BCUT2D eigenvalue weighted by molar-refractivity contribution is -0.141. The second kappa shape index (κ2) is 6.82. The summed E-state index contributed by atoms with van der Waals surface area (Å²) in [5.41, 5.74) is 0.126. The van der Waals surface area contributed by atoms with Gasteiger partial charge in [0.2, 0.25) is 5.91 Å². The third-order valence-electron chi connectivity index (χ3n) is 2.68. The van der Waals surface area contributed by atoms with E-state index in [2.05, 4.69) is 5.32 Å². The molecule has 4 nitrogen and oxygen atoms in total. The van der Waals surface area contributed by atoms with E-state index in [0.717, 1.165) is 6.07 Å². The molecule has 0 aromatic heterocycles. The minimum absolute atomic E-state index is 0.0137. The summed E-state index contributed by atoms with van der Waals surface area (Å²) in [6, 6.07) is 3.79. The molecule has 0 fully saturated rings. The van der Waals surface area contributed by atoms with Crippen molar-refractivity contribution in [3.8, 4) is 0 Å². The lowest BCUT2D eigenvalue weighted by Gasteiger charge is -2.08. The molecule has 0 aliphatic heterocycles. The molecule has 0 radical (unpaired) electrons. The number of carbonyl (C=O) groups is 2. The molecule has 1 amide bonds. The number of aryl methyl sites for hydroxylation is 1. The monoisotopic (exact) mass is 271 g/mol. The van der Waals surface area contributed by atoms with E-state index < -0.39 is 29.4 Å². The van der Waals surface area contributed by atoms with Crippen LogP contribution in [0.3, 0.4) is 0 Å². The number of hydrogen-bond acceptors (Lipinski definition) is 2. The summed E-state index contributed by atoms with van der Waals surface area (Å²) in [4.78, 5) is 22.0. The highest BCUT2D eigenvalue weighted by molar-refractivity contribution is 5.77. The van der Waals surface area contributed by atoms with Crippen LogP contribution in [0.25, 0.3) is 0 Å². The zero-order valence-electron chi connectivity index (χ0n) is 10.5. The molecule has 104 valence electrons. The summed E-state index contributed by atoms with van der Waals surface area (Å²) in [7, 11) is 0. The van der Waals surface area contributed by atoms with Crippen LogP contribution >= 0.6 is 0 Å². The van der Waals surface area contributed by atoms with E-state index in [1.165, 1.54) is 19.1 Å². The van der Waals surface area contributed by atoms with Crippen LogP contribution < -0.4 is 5.32 Å². The molecule has 0 spiro atoms. The topological polar surface area (TPSA) is 66.4 Å². The zero-order chi connectivity index (χ0) is 14.4. The predicted octanol–water partition coefficient (Wildman–Crippen LogP) is 1.73. The lowest BCUT2D eigenvalue weighted by Crippen LogP contribution is -2.31. The molecule has 0 bridgehead atoms. The van der Waals surface area contributed by atoms with Crippen LogP contribution in [-0.4, -0.2) is 23.5 Å². The van der Waals surface area contributed by atoms with Crippen molar-refractivity contribution in [2.75, 3.05) is 6.54 Å². The number of hydrogen-bond donors (Lipinski definition) is 2. The largest absolute Gasteiger partial charge is 0.481 e. The molecule has 1 unspecified atom stereocenters. The van der Waals surface area contributed by atoms with Gasteiger partial charge >= 0.3 is 5.97 Å². The Kier molecular flexibility index (Phi) is 5.41. The lowest BCUT2D eigenvalue weighted by atomic mass is 10.1. The highest BCUT2D eigenvalue weighted by Gasteiger charge is 2.13. The first-order chi connectivity index (χ1) is 8.91. The maximum absolute atomic E-state index is 13.3. The van der Waals surface area contributed by atoms with Crippen LogP contribution in [0.5, 0.6) is 0 Å². The van der Waals surface area contributed by atoms with Crippen LogP contribution in [0.15, 0.2) is 18.2 Å². The van der Waals surface area contributed by atoms with Gasteiger partial charge in [0.1, 0.15) is 0 Å². The minimum Gasteiger partial charge on any atom is -0.481 e. The van der Waals surface area contributed by atoms with Gasteiger partial charge in [-0.2, -0.15) is 0 Å². The molecule has 2 N–H and O–H groups in total. The van der Waals surface area contributed by atoms with E-state index >= 15 is 0 Å². The third-order valence-corrected chi connectivity index (χ3v) is 2.68. The summed E-state index contributed by atoms with van der Waals surface area (Å²) < 4.78 is 26.2. The molecule has 1 rings (SSSR count). The summed E-state index contributed by atoms with van der Waals surface area (Å²) in [5, 5.41) is 11.1. The Bertz CT molecular complexity index is 477. The Morgan fingerprint density at radius 2 is 2.05 bits per heavy atom. The van der Waals surface area contributed by atoms with Crippen molar-refractivity contribution in [1.29, 1.82) is 0 Å². The van der Waals surface area contributed by atoms with E-state index in [-0.39, 0.29) is 24.9 Å². The van der Waals surface area contributed by atoms with Crippen LogP contribution in [-0.2, 0) is 16.0 Å². The van der Waals surface area contributed by atoms with Gasteiger partial charge in [-0.15, -0.1) is 0 Å². The van der Waals surface area contributed by atoms with E-state index in [9.17, 15) is 18.4 Å². The number of aliphatic carboxylic acids is 1. The van der Waals surface area contributed by atoms with Crippen LogP contribution in [0, 0.1) is 17.6 Å². The van der Waals surface area contributed by atoms with Crippen molar-refractivity contribution < 1.29 is 23.5 Å². The maximum Gasteiger partial charge on any atom is 0.308 e. The fraction of sp³-hybridized carbons (Fsp3) is 0.385. The number of carbonyl (C=O) groups excluding carboxylic acids is 1. The Hall–Kier alpha value is -1.98. The van der Waals surface area contributed by atoms with Gasteiger partial charge < -0.3 is 10.4 Å². The van der Waals surface area contributed by atoms with E-state index in [1.54, 1.807) is 0 Å². The quantitative estimate of drug-likeness (QED) is 0.828. The maximum atomic E-state index is 13.3. The highest BCUT2D eigenvalue weighted by atomic mass is 19.2. The molecule has 0 aliphatic rings. The Morgan fingerprint density at radius 3 is 2.68 bits per heavy atom.